The lowest BCUT2D eigenvalue weighted by Gasteiger charge is -2.01. The van der Waals surface area contributed by atoms with Crippen LogP contribution in [0.25, 0.3) is 16.9 Å². The van der Waals surface area contributed by atoms with Gasteiger partial charge in [0.15, 0.2) is 6.29 Å². The average Bonchev–Trinajstić information content (AvgIpc) is 2.93. The summed E-state index contributed by atoms with van der Waals surface area (Å²) in [7, 11) is 0. The molecule has 20 heavy (non-hydrogen) atoms. The minimum Gasteiger partial charge on any atom is -0.298 e. The Morgan fingerprint density at radius 1 is 1.05 bits per heavy atom. The van der Waals surface area contributed by atoms with Crippen LogP contribution in [0.15, 0.2) is 55.0 Å². The maximum Gasteiger partial charge on any atom is 0.153 e. The quantitative estimate of drug-likeness (QED) is 0.521. The van der Waals surface area contributed by atoms with Gasteiger partial charge in [0.25, 0.3) is 0 Å². The molecule has 2 aromatic heterocycles. The van der Waals surface area contributed by atoms with Crippen molar-refractivity contribution in [3.05, 3.63) is 64.1 Å². The van der Waals surface area contributed by atoms with Crippen molar-refractivity contribution >= 4 is 28.9 Å². The van der Waals surface area contributed by atoms with Crippen LogP contribution < -0.4 is 0 Å². The molecule has 1 aromatic carbocycles. The molecule has 0 spiro atoms. The number of hydrogen-bond donors (Lipinski definition) is 0. The standard InChI is InChI=1S/C15H10IN3O/c16-13-1-3-14(4-2-13)19-9-12(10-20)15(18-19)11-5-7-17-8-6-11/h1-10H. The van der Waals surface area contributed by atoms with Crippen molar-refractivity contribution in [1.82, 2.24) is 14.8 Å². The zero-order chi connectivity index (χ0) is 13.9. The van der Waals surface area contributed by atoms with Gasteiger partial charge in [0, 0.05) is 27.7 Å². The normalized spacial score (nSPS) is 10.4. The molecule has 0 saturated heterocycles. The van der Waals surface area contributed by atoms with Gasteiger partial charge in [-0.1, -0.05) is 0 Å². The molecule has 0 radical (unpaired) electrons. The van der Waals surface area contributed by atoms with E-state index < -0.39 is 0 Å². The number of halogens is 1. The van der Waals surface area contributed by atoms with Crippen LogP contribution in [0.2, 0.25) is 0 Å². The molecule has 2 heterocycles. The summed E-state index contributed by atoms with van der Waals surface area (Å²) < 4.78 is 2.87. The maximum atomic E-state index is 11.2. The molecule has 98 valence electrons. The van der Waals surface area contributed by atoms with Crippen LogP contribution in [-0.2, 0) is 0 Å². The number of rotatable bonds is 3. The Labute approximate surface area is 129 Å². The first-order valence-electron chi connectivity index (χ1n) is 5.99. The second kappa shape index (κ2) is 5.54. The van der Waals surface area contributed by atoms with Crippen LogP contribution >= 0.6 is 22.6 Å². The molecule has 0 atom stereocenters. The highest BCUT2D eigenvalue weighted by Crippen LogP contribution is 2.22. The molecule has 5 heteroatoms. The molecule has 0 N–H and O–H groups in total. The Hall–Kier alpha value is -2.02. The number of benzene rings is 1. The third kappa shape index (κ3) is 2.49. The van der Waals surface area contributed by atoms with Crippen LogP contribution in [0.1, 0.15) is 10.4 Å². The van der Waals surface area contributed by atoms with E-state index in [0.29, 0.717) is 11.3 Å². The van der Waals surface area contributed by atoms with Crippen LogP contribution in [0.4, 0.5) is 0 Å². The smallest absolute Gasteiger partial charge is 0.153 e. The van der Waals surface area contributed by atoms with Gasteiger partial charge < -0.3 is 0 Å². The molecule has 0 amide bonds. The van der Waals surface area contributed by atoms with Gasteiger partial charge >= 0.3 is 0 Å². The number of carbonyl (C=O) groups is 1. The van der Waals surface area contributed by atoms with Crippen LogP contribution in [0.3, 0.4) is 0 Å². The Morgan fingerprint density at radius 2 is 1.75 bits per heavy atom. The number of hydrogen-bond acceptors (Lipinski definition) is 3. The second-order valence-electron chi connectivity index (χ2n) is 4.21. The number of aldehydes is 1. The van der Waals surface area contributed by atoms with E-state index in [1.165, 1.54) is 0 Å². The van der Waals surface area contributed by atoms with Gasteiger partial charge in [-0.25, -0.2) is 4.68 Å². The molecule has 3 rings (SSSR count). The van der Waals surface area contributed by atoms with E-state index in [9.17, 15) is 4.79 Å². The summed E-state index contributed by atoms with van der Waals surface area (Å²) in [6.07, 6.45) is 5.94. The number of nitrogens with zero attached hydrogens (tertiary/aromatic N) is 3. The van der Waals surface area contributed by atoms with Gasteiger partial charge in [-0.15, -0.1) is 0 Å². The maximum absolute atomic E-state index is 11.2. The first kappa shape index (κ1) is 13.0. The van der Waals surface area contributed by atoms with E-state index in [1.54, 1.807) is 23.3 Å². The molecule has 0 aliphatic rings. The van der Waals surface area contributed by atoms with Gasteiger partial charge in [-0.2, -0.15) is 5.10 Å². The van der Waals surface area contributed by atoms with Crippen molar-refractivity contribution in [2.24, 2.45) is 0 Å². The molecule has 4 nitrogen and oxygen atoms in total. The predicted molar refractivity (Wildman–Crippen MR) is 84.9 cm³/mol. The highest BCUT2D eigenvalue weighted by molar-refractivity contribution is 14.1. The third-order valence-electron chi connectivity index (χ3n) is 2.91. The minimum atomic E-state index is 0.565. The van der Waals surface area contributed by atoms with E-state index in [2.05, 4.69) is 32.7 Å². The number of aromatic nitrogens is 3. The van der Waals surface area contributed by atoms with E-state index in [4.69, 9.17) is 0 Å². The fourth-order valence-electron chi connectivity index (χ4n) is 1.93. The van der Waals surface area contributed by atoms with Crippen LogP contribution in [0, 0.1) is 3.57 Å². The summed E-state index contributed by atoms with van der Waals surface area (Å²) in [4.78, 5) is 15.2. The zero-order valence-electron chi connectivity index (χ0n) is 10.4. The Morgan fingerprint density at radius 3 is 2.40 bits per heavy atom. The van der Waals surface area contributed by atoms with Gasteiger partial charge in [-0.3, -0.25) is 9.78 Å². The molecule has 0 unspecified atom stereocenters. The lowest BCUT2D eigenvalue weighted by Crippen LogP contribution is -1.94. The molecule has 3 aromatic rings. The second-order valence-corrected chi connectivity index (χ2v) is 5.45. The molecule has 0 saturated carbocycles. The summed E-state index contributed by atoms with van der Waals surface area (Å²) in [5, 5.41) is 4.51. The Balaban J connectivity index is 2.09. The van der Waals surface area contributed by atoms with Crippen molar-refractivity contribution in [2.75, 3.05) is 0 Å². The molecule has 0 aliphatic heterocycles. The molecule has 0 bridgehead atoms. The van der Waals surface area contributed by atoms with E-state index in [0.717, 1.165) is 21.1 Å². The monoisotopic (exact) mass is 375 g/mol. The van der Waals surface area contributed by atoms with E-state index in [-0.39, 0.29) is 0 Å². The molecular weight excluding hydrogens is 365 g/mol. The van der Waals surface area contributed by atoms with Gasteiger partial charge in [-0.05, 0) is 59.0 Å². The van der Waals surface area contributed by atoms with E-state index in [1.807, 2.05) is 36.4 Å². The highest BCUT2D eigenvalue weighted by atomic mass is 127. The van der Waals surface area contributed by atoms with Crippen molar-refractivity contribution in [1.29, 1.82) is 0 Å². The third-order valence-corrected chi connectivity index (χ3v) is 3.63. The SMILES string of the molecule is O=Cc1cn(-c2ccc(I)cc2)nc1-c1ccncc1. The lowest BCUT2D eigenvalue weighted by molar-refractivity contribution is 0.112. The van der Waals surface area contributed by atoms with Gasteiger partial charge in [0.2, 0.25) is 0 Å². The summed E-state index contributed by atoms with van der Waals surface area (Å²) in [6.45, 7) is 0. The van der Waals surface area contributed by atoms with E-state index >= 15 is 0 Å². The largest absolute Gasteiger partial charge is 0.298 e. The summed E-state index contributed by atoms with van der Waals surface area (Å²) in [5.41, 5.74) is 3.04. The van der Waals surface area contributed by atoms with Crippen molar-refractivity contribution in [3.8, 4) is 16.9 Å². The first-order valence-corrected chi connectivity index (χ1v) is 7.07. The summed E-state index contributed by atoms with van der Waals surface area (Å²) in [5.74, 6) is 0. The minimum absolute atomic E-state index is 0.565. The Bertz CT molecular complexity index is 736. The van der Waals surface area contributed by atoms with Gasteiger partial charge in [0.1, 0.15) is 5.69 Å². The topological polar surface area (TPSA) is 47.8 Å². The average molecular weight is 375 g/mol. The molecular formula is C15H10IN3O. The molecule has 0 aliphatic carbocycles. The number of pyridine rings is 1. The number of carbonyl (C=O) groups excluding carboxylic acids is 1. The van der Waals surface area contributed by atoms with Crippen molar-refractivity contribution in [2.45, 2.75) is 0 Å². The van der Waals surface area contributed by atoms with Gasteiger partial charge in [0.05, 0.1) is 11.3 Å². The van der Waals surface area contributed by atoms with Crippen LogP contribution in [0.5, 0.6) is 0 Å². The predicted octanol–water partition coefficient (Wildman–Crippen LogP) is 3.35. The van der Waals surface area contributed by atoms with Crippen LogP contribution in [-0.4, -0.2) is 21.1 Å². The zero-order valence-corrected chi connectivity index (χ0v) is 12.6. The summed E-state index contributed by atoms with van der Waals surface area (Å²) in [6, 6.07) is 11.6. The fourth-order valence-corrected chi connectivity index (χ4v) is 2.29. The van der Waals surface area contributed by atoms with Crippen molar-refractivity contribution < 1.29 is 4.79 Å². The lowest BCUT2D eigenvalue weighted by atomic mass is 10.1. The summed E-state index contributed by atoms with van der Waals surface area (Å²) >= 11 is 2.25. The fraction of sp³-hybridized carbons (Fsp3) is 0. The highest BCUT2D eigenvalue weighted by Gasteiger charge is 2.11. The van der Waals surface area contributed by atoms with Crippen molar-refractivity contribution in [3.63, 3.8) is 0 Å². The first-order chi connectivity index (χ1) is 9.78. The Kier molecular flexibility index (Phi) is 3.60. The molecule has 0 fully saturated rings.